The Labute approximate surface area is 61.6 Å². The van der Waals surface area contributed by atoms with E-state index in [1.807, 2.05) is 0 Å². The molecule has 0 aliphatic heterocycles. The number of hydrogen-bond donors (Lipinski definition) is 1. The molecule has 0 aliphatic rings. The molecule has 0 bridgehead atoms. The second-order valence-electron chi connectivity index (χ2n) is 2.12. The van der Waals surface area contributed by atoms with Gasteiger partial charge in [-0.25, -0.2) is 0 Å². The fraction of sp³-hybridized carbons (Fsp3) is 0.333. The first kappa shape index (κ1) is 7.66. The lowest BCUT2D eigenvalue weighted by Crippen LogP contribution is -2.09. The van der Waals surface area contributed by atoms with Crippen LogP contribution < -0.4 is 0 Å². The van der Waals surface area contributed by atoms with Crippen LogP contribution in [0.4, 0.5) is 8.78 Å². The predicted molar refractivity (Wildman–Crippen MR) is 32.8 cm³/mol. The summed E-state index contributed by atoms with van der Waals surface area (Å²) in [5, 5.41) is 13.6. The first-order chi connectivity index (χ1) is 5.06. The number of halogens is 2. The molecule has 0 fully saturated rings. The highest BCUT2D eigenvalue weighted by Crippen LogP contribution is 2.24. The molecule has 1 heterocycles. The Morgan fingerprint density at radius 2 is 2.36 bits per heavy atom. The van der Waals surface area contributed by atoms with E-state index in [0.717, 1.165) is 12.1 Å². The minimum Gasteiger partial charge on any atom is -0.282 e. The summed E-state index contributed by atoms with van der Waals surface area (Å²) in [4.78, 5) is 0. The summed E-state index contributed by atoms with van der Waals surface area (Å²) in [6.45, 7) is 1.59. The number of hydrogen-bond acceptors (Lipinski definition) is 2. The SMILES string of the molecule is Cc1cc(C(F)(F)C#N)n[nH]1. The zero-order valence-electron chi connectivity index (χ0n) is 5.73. The maximum Gasteiger partial charge on any atom is 0.375 e. The number of aromatic nitrogens is 2. The van der Waals surface area contributed by atoms with Gasteiger partial charge in [-0.1, -0.05) is 0 Å². The molecule has 0 unspecified atom stereocenters. The van der Waals surface area contributed by atoms with Gasteiger partial charge in [0, 0.05) is 5.69 Å². The van der Waals surface area contributed by atoms with Crippen LogP contribution in [0.1, 0.15) is 11.4 Å². The van der Waals surface area contributed by atoms with Gasteiger partial charge >= 0.3 is 5.92 Å². The van der Waals surface area contributed by atoms with Crippen LogP contribution in [0.3, 0.4) is 0 Å². The molecular weight excluding hydrogens is 152 g/mol. The molecule has 0 radical (unpaired) electrons. The molecule has 0 saturated carbocycles. The highest BCUT2D eigenvalue weighted by atomic mass is 19.3. The number of H-pyrrole nitrogens is 1. The van der Waals surface area contributed by atoms with Crippen LogP contribution in [0.25, 0.3) is 0 Å². The van der Waals surface area contributed by atoms with Gasteiger partial charge in [-0.3, -0.25) is 5.10 Å². The van der Waals surface area contributed by atoms with E-state index in [2.05, 4.69) is 10.2 Å². The summed E-state index contributed by atoms with van der Waals surface area (Å²) < 4.78 is 24.9. The van der Waals surface area contributed by atoms with Crippen molar-refractivity contribution in [1.29, 1.82) is 5.26 Å². The van der Waals surface area contributed by atoms with Gasteiger partial charge in [-0.15, -0.1) is 0 Å². The van der Waals surface area contributed by atoms with Crippen molar-refractivity contribution in [2.45, 2.75) is 12.8 Å². The summed E-state index contributed by atoms with van der Waals surface area (Å²) >= 11 is 0. The number of alkyl halides is 2. The molecule has 0 saturated heterocycles. The van der Waals surface area contributed by atoms with Crippen molar-refractivity contribution in [3.05, 3.63) is 17.5 Å². The fourth-order valence-electron chi connectivity index (χ4n) is 0.636. The van der Waals surface area contributed by atoms with Crippen LogP contribution in [0.2, 0.25) is 0 Å². The fourth-order valence-corrected chi connectivity index (χ4v) is 0.636. The standard InChI is InChI=1S/C6H5F2N3/c1-4-2-5(11-10-4)6(7,8)3-9/h2H,1H3,(H,10,11). The van der Waals surface area contributed by atoms with Gasteiger partial charge in [0.05, 0.1) is 0 Å². The monoisotopic (exact) mass is 157 g/mol. The topological polar surface area (TPSA) is 52.5 Å². The molecule has 0 amide bonds. The van der Waals surface area contributed by atoms with E-state index in [4.69, 9.17) is 5.26 Å². The molecule has 0 aromatic carbocycles. The third kappa shape index (κ3) is 1.34. The van der Waals surface area contributed by atoms with Crippen LogP contribution in [0.15, 0.2) is 6.07 Å². The van der Waals surface area contributed by atoms with Crippen molar-refractivity contribution in [3.8, 4) is 6.07 Å². The van der Waals surface area contributed by atoms with E-state index in [1.54, 1.807) is 6.92 Å². The Hall–Kier alpha value is -1.44. The van der Waals surface area contributed by atoms with Gasteiger partial charge in [0.25, 0.3) is 0 Å². The van der Waals surface area contributed by atoms with E-state index >= 15 is 0 Å². The van der Waals surface area contributed by atoms with Crippen LogP contribution in [0, 0.1) is 18.3 Å². The van der Waals surface area contributed by atoms with Gasteiger partial charge in [0.1, 0.15) is 11.8 Å². The second-order valence-corrected chi connectivity index (χ2v) is 2.12. The zero-order chi connectivity index (χ0) is 8.48. The quantitative estimate of drug-likeness (QED) is 0.668. The molecular formula is C6H5F2N3. The maximum atomic E-state index is 12.5. The van der Waals surface area contributed by atoms with E-state index in [-0.39, 0.29) is 0 Å². The lowest BCUT2D eigenvalue weighted by atomic mass is 10.2. The molecule has 11 heavy (non-hydrogen) atoms. The lowest BCUT2D eigenvalue weighted by Gasteiger charge is -1.99. The number of nitrogens with zero attached hydrogens (tertiary/aromatic N) is 2. The van der Waals surface area contributed by atoms with Crippen LogP contribution in [0.5, 0.6) is 0 Å². The predicted octanol–water partition coefficient (Wildman–Crippen LogP) is 1.33. The molecule has 1 rings (SSSR count). The van der Waals surface area contributed by atoms with Crippen LogP contribution >= 0.6 is 0 Å². The Kier molecular flexibility index (Phi) is 1.61. The molecule has 0 atom stereocenters. The lowest BCUT2D eigenvalue weighted by molar-refractivity contribution is 0.0563. The minimum absolute atomic E-state index is 0.509. The first-order valence-electron chi connectivity index (χ1n) is 2.88. The normalized spacial score (nSPS) is 11.1. The third-order valence-corrected chi connectivity index (χ3v) is 1.17. The van der Waals surface area contributed by atoms with E-state index in [0.29, 0.717) is 5.69 Å². The molecule has 0 spiro atoms. The van der Waals surface area contributed by atoms with Crippen molar-refractivity contribution in [2.75, 3.05) is 0 Å². The van der Waals surface area contributed by atoms with Gasteiger partial charge in [0.15, 0.2) is 0 Å². The molecule has 1 aromatic heterocycles. The zero-order valence-corrected chi connectivity index (χ0v) is 5.73. The van der Waals surface area contributed by atoms with Crippen LogP contribution in [-0.2, 0) is 5.92 Å². The van der Waals surface area contributed by atoms with Gasteiger partial charge < -0.3 is 0 Å². The summed E-state index contributed by atoms with van der Waals surface area (Å²) in [7, 11) is 0. The summed E-state index contributed by atoms with van der Waals surface area (Å²) in [5.74, 6) is -3.48. The molecule has 1 N–H and O–H groups in total. The summed E-state index contributed by atoms with van der Waals surface area (Å²) in [6.07, 6.45) is 0. The molecule has 5 heteroatoms. The highest BCUT2D eigenvalue weighted by Gasteiger charge is 2.33. The number of nitrogens with one attached hydrogen (secondary N) is 1. The Balaban J connectivity index is 3.04. The molecule has 1 aromatic rings. The van der Waals surface area contributed by atoms with Crippen LogP contribution in [-0.4, -0.2) is 10.2 Å². The number of aromatic amines is 1. The van der Waals surface area contributed by atoms with E-state index in [1.165, 1.54) is 0 Å². The van der Waals surface area contributed by atoms with Crippen molar-refractivity contribution < 1.29 is 8.78 Å². The minimum atomic E-state index is -3.48. The van der Waals surface area contributed by atoms with Gasteiger partial charge in [-0.2, -0.15) is 19.1 Å². The number of nitriles is 1. The summed E-state index contributed by atoms with van der Waals surface area (Å²) in [6, 6.07) is 2.00. The Morgan fingerprint density at radius 3 is 2.73 bits per heavy atom. The highest BCUT2D eigenvalue weighted by molar-refractivity contribution is 5.18. The van der Waals surface area contributed by atoms with E-state index in [9.17, 15) is 8.78 Å². The second kappa shape index (κ2) is 2.31. The maximum absolute atomic E-state index is 12.5. The molecule has 3 nitrogen and oxygen atoms in total. The van der Waals surface area contributed by atoms with Gasteiger partial charge in [-0.05, 0) is 13.0 Å². The smallest absolute Gasteiger partial charge is 0.282 e. The van der Waals surface area contributed by atoms with Crippen molar-refractivity contribution in [2.24, 2.45) is 0 Å². The molecule has 58 valence electrons. The van der Waals surface area contributed by atoms with Crippen molar-refractivity contribution >= 4 is 0 Å². The Morgan fingerprint density at radius 1 is 1.73 bits per heavy atom. The average Bonchev–Trinajstić information content (AvgIpc) is 2.36. The molecule has 0 aliphatic carbocycles. The average molecular weight is 157 g/mol. The largest absolute Gasteiger partial charge is 0.375 e. The summed E-state index contributed by atoms with van der Waals surface area (Å²) in [5.41, 5.74) is -0.0209. The third-order valence-electron chi connectivity index (χ3n) is 1.17. The number of rotatable bonds is 1. The van der Waals surface area contributed by atoms with Gasteiger partial charge in [0.2, 0.25) is 0 Å². The van der Waals surface area contributed by atoms with Crippen molar-refractivity contribution in [1.82, 2.24) is 10.2 Å². The van der Waals surface area contributed by atoms with Crippen molar-refractivity contribution in [3.63, 3.8) is 0 Å². The van der Waals surface area contributed by atoms with E-state index < -0.39 is 11.6 Å². The number of aryl methyl sites for hydroxylation is 1. The Bertz CT molecular complexity index is 297. The first-order valence-corrected chi connectivity index (χ1v) is 2.88.